The fourth-order valence-electron chi connectivity index (χ4n) is 1.35. The molecule has 0 radical (unpaired) electrons. The van der Waals surface area contributed by atoms with E-state index >= 15 is 0 Å². The maximum Gasteiger partial charge on any atom is 0.328 e. The summed E-state index contributed by atoms with van der Waals surface area (Å²) in [5.74, 6) is -0.272. The number of sulfone groups is 1. The van der Waals surface area contributed by atoms with Gasteiger partial charge in [-0.2, -0.15) is 0 Å². The molecule has 0 saturated carbocycles. The summed E-state index contributed by atoms with van der Waals surface area (Å²) in [7, 11) is -2.96. The number of rotatable bonds is 8. The molecule has 0 amide bonds. The van der Waals surface area contributed by atoms with Gasteiger partial charge >= 0.3 is 5.97 Å². The Balaban J connectivity index is 2.41. The molecule has 6 nitrogen and oxygen atoms in total. The molecule has 110 valence electrons. The zero-order valence-corrected chi connectivity index (χ0v) is 12.0. The lowest BCUT2D eigenvalue weighted by molar-refractivity contribution is -0.131. The van der Waals surface area contributed by atoms with Gasteiger partial charge in [-0.25, -0.2) is 13.2 Å². The van der Waals surface area contributed by atoms with Crippen LogP contribution in [0.2, 0.25) is 0 Å². The van der Waals surface area contributed by atoms with Crippen molar-refractivity contribution in [3.05, 3.63) is 30.1 Å². The first-order valence-electron chi connectivity index (χ1n) is 6.13. The number of carboxylic acids is 1. The van der Waals surface area contributed by atoms with Crippen LogP contribution in [0.1, 0.15) is 19.0 Å². The average Bonchev–Trinajstić information content (AvgIpc) is 2.42. The van der Waals surface area contributed by atoms with Crippen LogP contribution in [-0.4, -0.2) is 42.6 Å². The Morgan fingerprint density at radius 1 is 1.45 bits per heavy atom. The van der Waals surface area contributed by atoms with Gasteiger partial charge in [0.15, 0.2) is 0 Å². The van der Waals surface area contributed by atoms with Crippen molar-refractivity contribution < 1.29 is 23.1 Å². The van der Waals surface area contributed by atoms with Crippen LogP contribution in [0.3, 0.4) is 0 Å². The van der Waals surface area contributed by atoms with Crippen molar-refractivity contribution in [1.82, 2.24) is 4.98 Å². The van der Waals surface area contributed by atoms with Gasteiger partial charge in [0.05, 0.1) is 24.3 Å². The summed E-state index contributed by atoms with van der Waals surface area (Å²) < 4.78 is 27.9. The summed E-state index contributed by atoms with van der Waals surface area (Å²) in [6.45, 7) is 1.91. The first-order valence-corrected chi connectivity index (χ1v) is 7.95. The van der Waals surface area contributed by atoms with E-state index in [1.54, 1.807) is 19.1 Å². The molecule has 1 N–H and O–H groups in total. The monoisotopic (exact) mass is 299 g/mol. The Labute approximate surface area is 118 Å². The number of pyridine rings is 1. The summed E-state index contributed by atoms with van der Waals surface area (Å²) in [5, 5.41) is 8.47. The third-order valence-corrected chi connectivity index (χ3v) is 4.25. The lowest BCUT2D eigenvalue weighted by atomic mass is 10.3. The van der Waals surface area contributed by atoms with Gasteiger partial charge in [-0.05, 0) is 24.6 Å². The Bertz CT molecular complexity index is 563. The van der Waals surface area contributed by atoms with Crippen LogP contribution < -0.4 is 4.74 Å². The van der Waals surface area contributed by atoms with Crippen LogP contribution >= 0.6 is 0 Å². The van der Waals surface area contributed by atoms with Crippen LogP contribution in [0.4, 0.5) is 0 Å². The molecule has 0 aliphatic rings. The standard InChI is InChI=1S/C13H17NO5S/c1-2-20(17,18)9-3-8-19-12-6-4-11(14-10-12)5-7-13(15)16/h4-7,10H,2-3,8-9H2,1H3,(H,15,16). The number of aliphatic carboxylic acids is 1. The zero-order chi connectivity index (χ0) is 15.0. The van der Waals surface area contributed by atoms with Crippen LogP contribution in [0.5, 0.6) is 5.75 Å². The maximum atomic E-state index is 11.3. The predicted octanol–water partition coefficient (Wildman–Crippen LogP) is 1.38. The molecule has 7 heteroatoms. The minimum atomic E-state index is -2.96. The summed E-state index contributed by atoms with van der Waals surface area (Å²) in [6.07, 6.45) is 4.27. The van der Waals surface area contributed by atoms with E-state index in [1.807, 2.05) is 0 Å². The number of hydrogen-bond donors (Lipinski definition) is 1. The predicted molar refractivity (Wildman–Crippen MR) is 75.3 cm³/mol. The van der Waals surface area contributed by atoms with Gasteiger partial charge in [-0.15, -0.1) is 0 Å². The van der Waals surface area contributed by atoms with E-state index in [1.165, 1.54) is 12.3 Å². The van der Waals surface area contributed by atoms with Crippen molar-refractivity contribution >= 4 is 21.9 Å². The Kier molecular flexibility index (Phi) is 6.17. The summed E-state index contributed by atoms with van der Waals surface area (Å²) in [6, 6.07) is 3.28. The van der Waals surface area contributed by atoms with Crippen molar-refractivity contribution in [2.75, 3.05) is 18.1 Å². The molecular weight excluding hydrogens is 282 g/mol. The normalized spacial score (nSPS) is 11.7. The van der Waals surface area contributed by atoms with E-state index in [0.29, 0.717) is 24.5 Å². The van der Waals surface area contributed by atoms with Crippen molar-refractivity contribution in [3.63, 3.8) is 0 Å². The number of carboxylic acid groups (broad SMARTS) is 1. The molecule has 1 heterocycles. The van der Waals surface area contributed by atoms with Crippen molar-refractivity contribution in [3.8, 4) is 5.75 Å². The van der Waals surface area contributed by atoms with Crippen molar-refractivity contribution in [2.45, 2.75) is 13.3 Å². The fourth-order valence-corrected chi connectivity index (χ4v) is 2.19. The number of ether oxygens (including phenoxy) is 1. The molecule has 0 bridgehead atoms. The highest BCUT2D eigenvalue weighted by Crippen LogP contribution is 2.10. The highest BCUT2D eigenvalue weighted by atomic mass is 32.2. The maximum absolute atomic E-state index is 11.3. The van der Waals surface area contributed by atoms with Crippen molar-refractivity contribution in [1.29, 1.82) is 0 Å². The van der Waals surface area contributed by atoms with Crippen LogP contribution in [0.15, 0.2) is 24.4 Å². The quantitative estimate of drug-likeness (QED) is 0.576. The van der Waals surface area contributed by atoms with E-state index in [9.17, 15) is 13.2 Å². The van der Waals surface area contributed by atoms with Gasteiger partial charge in [0, 0.05) is 11.8 Å². The highest BCUT2D eigenvalue weighted by Gasteiger charge is 2.06. The second kappa shape index (κ2) is 7.64. The molecule has 1 rings (SSSR count). The van der Waals surface area contributed by atoms with Gasteiger partial charge < -0.3 is 9.84 Å². The number of carbonyl (C=O) groups is 1. The SMILES string of the molecule is CCS(=O)(=O)CCCOc1ccc(C=CC(=O)O)nc1. The Hall–Kier alpha value is -1.89. The first-order chi connectivity index (χ1) is 9.43. The number of aromatic nitrogens is 1. The topological polar surface area (TPSA) is 93.6 Å². The Morgan fingerprint density at radius 3 is 2.75 bits per heavy atom. The molecule has 0 spiro atoms. The van der Waals surface area contributed by atoms with Crippen LogP contribution in [-0.2, 0) is 14.6 Å². The van der Waals surface area contributed by atoms with Gasteiger partial charge in [-0.3, -0.25) is 4.98 Å². The minimum Gasteiger partial charge on any atom is -0.492 e. The molecule has 0 unspecified atom stereocenters. The Morgan fingerprint density at radius 2 is 2.20 bits per heavy atom. The second-order valence-electron chi connectivity index (χ2n) is 4.03. The van der Waals surface area contributed by atoms with E-state index < -0.39 is 15.8 Å². The molecule has 0 aliphatic carbocycles. The molecule has 1 aromatic rings. The van der Waals surface area contributed by atoms with Crippen LogP contribution in [0, 0.1) is 0 Å². The zero-order valence-electron chi connectivity index (χ0n) is 11.2. The smallest absolute Gasteiger partial charge is 0.328 e. The molecule has 0 atom stereocenters. The number of nitrogens with zero attached hydrogens (tertiary/aromatic N) is 1. The van der Waals surface area contributed by atoms with E-state index in [4.69, 9.17) is 9.84 Å². The van der Waals surface area contributed by atoms with Crippen LogP contribution in [0.25, 0.3) is 6.08 Å². The highest BCUT2D eigenvalue weighted by molar-refractivity contribution is 7.91. The van der Waals surface area contributed by atoms with Gasteiger partial charge in [0.2, 0.25) is 0 Å². The van der Waals surface area contributed by atoms with Crippen molar-refractivity contribution in [2.24, 2.45) is 0 Å². The third-order valence-electron chi connectivity index (χ3n) is 2.46. The molecular formula is C13H17NO5S. The molecule has 0 fully saturated rings. The fraction of sp³-hybridized carbons (Fsp3) is 0.385. The largest absolute Gasteiger partial charge is 0.492 e. The second-order valence-corrected chi connectivity index (χ2v) is 6.50. The molecule has 0 aliphatic heterocycles. The molecule has 20 heavy (non-hydrogen) atoms. The third kappa shape index (κ3) is 6.33. The summed E-state index contributed by atoms with van der Waals surface area (Å²) in [5.41, 5.74) is 0.508. The van der Waals surface area contributed by atoms with Gasteiger partial charge in [0.1, 0.15) is 15.6 Å². The van der Waals surface area contributed by atoms with Gasteiger partial charge in [-0.1, -0.05) is 6.92 Å². The molecule has 1 aromatic heterocycles. The molecule has 0 saturated heterocycles. The number of hydrogen-bond acceptors (Lipinski definition) is 5. The van der Waals surface area contributed by atoms with Gasteiger partial charge in [0.25, 0.3) is 0 Å². The van der Waals surface area contributed by atoms with E-state index in [-0.39, 0.29) is 11.5 Å². The summed E-state index contributed by atoms with van der Waals surface area (Å²) >= 11 is 0. The average molecular weight is 299 g/mol. The summed E-state index contributed by atoms with van der Waals surface area (Å²) in [4.78, 5) is 14.3. The van der Waals surface area contributed by atoms with E-state index in [2.05, 4.69) is 4.98 Å². The minimum absolute atomic E-state index is 0.108. The van der Waals surface area contributed by atoms with E-state index in [0.717, 1.165) is 6.08 Å². The lowest BCUT2D eigenvalue weighted by Gasteiger charge is -2.05. The molecule has 0 aromatic carbocycles. The lowest BCUT2D eigenvalue weighted by Crippen LogP contribution is -2.11. The first kappa shape index (κ1) is 16.2.